The van der Waals surface area contributed by atoms with Crippen LogP contribution < -0.4 is 0 Å². The van der Waals surface area contributed by atoms with Crippen molar-refractivity contribution in [3.05, 3.63) is 95.1 Å². The van der Waals surface area contributed by atoms with E-state index in [0.717, 1.165) is 20.9 Å². The Kier molecular flexibility index (Phi) is 4.37. The lowest BCUT2D eigenvalue weighted by Crippen LogP contribution is -2.16. The summed E-state index contributed by atoms with van der Waals surface area (Å²) in [5.41, 5.74) is 2.21. The molecule has 0 saturated carbocycles. The number of hydrogen-bond donors (Lipinski definition) is 0. The van der Waals surface area contributed by atoms with Crippen LogP contribution in [0.4, 0.5) is 0 Å². The second kappa shape index (κ2) is 7.04. The van der Waals surface area contributed by atoms with Crippen LogP contribution in [0, 0.1) is 0 Å². The Bertz CT molecular complexity index is 991. The molecule has 138 valence electrons. The van der Waals surface area contributed by atoms with Crippen LogP contribution in [0.25, 0.3) is 0 Å². The highest BCUT2D eigenvalue weighted by molar-refractivity contribution is 7.99. The van der Waals surface area contributed by atoms with E-state index in [9.17, 15) is 9.59 Å². The van der Waals surface area contributed by atoms with E-state index in [1.165, 1.54) is 23.5 Å². The fourth-order valence-electron chi connectivity index (χ4n) is 3.16. The summed E-state index contributed by atoms with van der Waals surface area (Å²) < 4.78 is 11.2. The van der Waals surface area contributed by atoms with Gasteiger partial charge in [0.1, 0.15) is 0 Å². The molecule has 0 aliphatic carbocycles. The van der Waals surface area contributed by atoms with Crippen LogP contribution >= 0.6 is 23.5 Å². The van der Waals surface area contributed by atoms with Gasteiger partial charge >= 0.3 is 11.9 Å². The molecule has 0 radical (unpaired) electrons. The van der Waals surface area contributed by atoms with E-state index in [1.54, 1.807) is 12.1 Å². The van der Waals surface area contributed by atoms with E-state index in [0.29, 0.717) is 11.1 Å². The third kappa shape index (κ3) is 3.08. The Morgan fingerprint density at radius 2 is 0.964 bits per heavy atom. The Balaban J connectivity index is 1.37. The largest absolute Gasteiger partial charge is 0.442 e. The van der Waals surface area contributed by atoms with Gasteiger partial charge in [-0.15, -0.1) is 0 Å². The Morgan fingerprint density at radius 1 is 0.571 bits per heavy atom. The van der Waals surface area contributed by atoms with E-state index in [4.69, 9.17) is 9.47 Å². The summed E-state index contributed by atoms with van der Waals surface area (Å²) >= 11 is 3.03. The number of carbonyl (C=O) groups is 2. The van der Waals surface area contributed by atoms with Gasteiger partial charge in [0.15, 0.2) is 10.9 Å². The van der Waals surface area contributed by atoms with Gasteiger partial charge in [-0.2, -0.15) is 0 Å². The molecule has 0 saturated heterocycles. The zero-order valence-electron chi connectivity index (χ0n) is 14.5. The molecule has 2 unspecified atom stereocenters. The molecule has 0 spiro atoms. The number of cyclic esters (lactones) is 2. The lowest BCUT2D eigenvalue weighted by atomic mass is 10.1. The van der Waals surface area contributed by atoms with Crippen LogP contribution in [0.15, 0.2) is 82.6 Å². The zero-order valence-corrected chi connectivity index (χ0v) is 16.2. The molecule has 2 atom stereocenters. The highest BCUT2D eigenvalue weighted by Crippen LogP contribution is 2.45. The van der Waals surface area contributed by atoms with Crippen LogP contribution in [-0.4, -0.2) is 11.9 Å². The first-order valence-electron chi connectivity index (χ1n) is 8.72. The molecule has 0 amide bonds. The number of hydrogen-bond acceptors (Lipinski definition) is 6. The summed E-state index contributed by atoms with van der Waals surface area (Å²) in [7, 11) is 0. The highest BCUT2D eigenvalue weighted by Gasteiger charge is 2.30. The van der Waals surface area contributed by atoms with Crippen LogP contribution in [0.3, 0.4) is 0 Å². The number of esters is 2. The normalized spacial score (nSPS) is 20.6. The summed E-state index contributed by atoms with van der Waals surface area (Å²) in [6, 6.07) is 22.6. The van der Waals surface area contributed by atoms with Gasteiger partial charge in [-0.3, -0.25) is 0 Å². The van der Waals surface area contributed by atoms with E-state index in [2.05, 4.69) is 0 Å². The maximum atomic E-state index is 12.2. The fourth-order valence-corrected chi connectivity index (χ4v) is 5.35. The van der Waals surface area contributed by atoms with E-state index < -0.39 is 10.9 Å². The quantitative estimate of drug-likeness (QED) is 0.516. The standard InChI is InChI=1S/C22H14O4S2/c23-19-15-5-1-3-7-17(15)27-21(25-19)13-9-11-14(12-10-13)22-26-20(24)16-6-2-4-8-18(16)28-22/h1-12,21-22H. The maximum Gasteiger partial charge on any atom is 0.340 e. The van der Waals surface area contributed by atoms with Gasteiger partial charge in [0.05, 0.1) is 11.1 Å². The predicted octanol–water partition coefficient (Wildman–Crippen LogP) is 5.61. The first kappa shape index (κ1) is 17.4. The molecule has 5 rings (SSSR count). The second-order valence-corrected chi connectivity index (χ2v) is 8.58. The zero-order chi connectivity index (χ0) is 19.1. The maximum absolute atomic E-state index is 12.2. The molecule has 3 aromatic rings. The van der Waals surface area contributed by atoms with Gasteiger partial charge in [-0.25, -0.2) is 9.59 Å². The van der Waals surface area contributed by atoms with Crippen molar-refractivity contribution in [3.8, 4) is 0 Å². The molecular formula is C22H14O4S2. The molecule has 0 N–H and O–H groups in total. The van der Waals surface area contributed by atoms with Crippen molar-refractivity contribution in [2.24, 2.45) is 0 Å². The second-order valence-electron chi connectivity index (χ2n) is 6.37. The Morgan fingerprint density at radius 3 is 1.39 bits per heavy atom. The van der Waals surface area contributed by atoms with Gasteiger partial charge in [0, 0.05) is 20.9 Å². The molecule has 0 aromatic heterocycles. The topological polar surface area (TPSA) is 52.6 Å². The smallest absolute Gasteiger partial charge is 0.340 e. The predicted molar refractivity (Wildman–Crippen MR) is 107 cm³/mol. The van der Waals surface area contributed by atoms with Gasteiger partial charge in [0.2, 0.25) is 0 Å². The molecule has 2 heterocycles. The lowest BCUT2D eigenvalue weighted by molar-refractivity contribution is 0.0426. The average Bonchev–Trinajstić information content (AvgIpc) is 2.74. The number of carbonyl (C=O) groups excluding carboxylic acids is 2. The van der Waals surface area contributed by atoms with Crippen LogP contribution in [-0.2, 0) is 9.47 Å². The molecule has 3 aromatic carbocycles. The number of rotatable bonds is 2. The molecule has 28 heavy (non-hydrogen) atoms. The van der Waals surface area contributed by atoms with Gasteiger partial charge in [0.25, 0.3) is 0 Å². The van der Waals surface area contributed by atoms with Crippen molar-refractivity contribution >= 4 is 35.5 Å². The van der Waals surface area contributed by atoms with Crippen molar-refractivity contribution in [2.45, 2.75) is 20.7 Å². The summed E-state index contributed by atoms with van der Waals surface area (Å²) in [5, 5.41) is 0. The van der Waals surface area contributed by atoms with E-state index >= 15 is 0 Å². The monoisotopic (exact) mass is 406 g/mol. The Hall–Kier alpha value is -2.70. The van der Waals surface area contributed by atoms with E-state index in [1.807, 2.05) is 60.7 Å². The molecule has 2 aliphatic heterocycles. The first-order chi connectivity index (χ1) is 13.7. The average molecular weight is 406 g/mol. The lowest BCUT2D eigenvalue weighted by Gasteiger charge is -2.26. The number of fused-ring (bicyclic) bond motifs is 2. The number of thioether (sulfide) groups is 2. The fraction of sp³-hybridized carbons (Fsp3) is 0.0909. The van der Waals surface area contributed by atoms with Crippen LogP contribution in [0.5, 0.6) is 0 Å². The van der Waals surface area contributed by atoms with Crippen molar-refractivity contribution in [1.82, 2.24) is 0 Å². The minimum absolute atomic E-state index is 0.309. The van der Waals surface area contributed by atoms with Crippen molar-refractivity contribution < 1.29 is 19.1 Å². The molecule has 0 bridgehead atoms. The number of benzene rings is 3. The Labute approximate surface area is 170 Å². The number of ether oxygens (including phenoxy) is 2. The van der Waals surface area contributed by atoms with Gasteiger partial charge in [-0.05, 0) is 24.3 Å². The summed E-state index contributed by atoms with van der Waals surface area (Å²) in [6.45, 7) is 0. The minimum atomic E-state index is -0.390. The molecule has 2 aliphatic rings. The molecular weight excluding hydrogens is 392 g/mol. The van der Waals surface area contributed by atoms with Crippen molar-refractivity contribution in [3.63, 3.8) is 0 Å². The van der Waals surface area contributed by atoms with Gasteiger partial charge in [-0.1, -0.05) is 72.1 Å². The van der Waals surface area contributed by atoms with Crippen LogP contribution in [0.1, 0.15) is 42.7 Å². The van der Waals surface area contributed by atoms with Crippen LogP contribution in [0.2, 0.25) is 0 Å². The highest BCUT2D eigenvalue weighted by atomic mass is 32.2. The third-order valence-electron chi connectivity index (χ3n) is 4.59. The summed E-state index contributed by atoms with van der Waals surface area (Å²) in [6.07, 6.45) is 0. The first-order valence-corrected chi connectivity index (χ1v) is 10.5. The SMILES string of the molecule is O=C1OC(c2ccc(C3OC(=O)c4ccccc4S3)cc2)Sc2ccccc21. The van der Waals surface area contributed by atoms with Crippen molar-refractivity contribution in [2.75, 3.05) is 0 Å². The summed E-state index contributed by atoms with van der Waals surface area (Å²) in [4.78, 5) is 26.3. The third-order valence-corrected chi connectivity index (χ3v) is 6.98. The summed E-state index contributed by atoms with van der Waals surface area (Å²) in [5.74, 6) is -0.617. The molecule has 6 heteroatoms. The molecule has 4 nitrogen and oxygen atoms in total. The van der Waals surface area contributed by atoms with Crippen molar-refractivity contribution in [1.29, 1.82) is 0 Å². The molecule has 0 fully saturated rings. The van der Waals surface area contributed by atoms with Gasteiger partial charge < -0.3 is 9.47 Å². The van der Waals surface area contributed by atoms with E-state index in [-0.39, 0.29) is 11.9 Å². The minimum Gasteiger partial charge on any atom is -0.442 e.